The fourth-order valence-corrected chi connectivity index (χ4v) is 3.16. The van der Waals surface area contributed by atoms with Crippen molar-refractivity contribution in [3.8, 4) is 0 Å². The highest BCUT2D eigenvalue weighted by Gasteiger charge is 2.25. The summed E-state index contributed by atoms with van der Waals surface area (Å²) in [5.41, 5.74) is 4.16. The van der Waals surface area contributed by atoms with E-state index in [9.17, 15) is 9.90 Å². The number of hydrogen-bond acceptors (Lipinski definition) is 3. The summed E-state index contributed by atoms with van der Waals surface area (Å²) in [6.07, 6.45) is 1.91. The van der Waals surface area contributed by atoms with Gasteiger partial charge in [0.2, 0.25) is 0 Å². The molecule has 3 rings (SSSR count). The fourth-order valence-electron chi connectivity index (χ4n) is 3.16. The van der Waals surface area contributed by atoms with Crippen LogP contribution in [-0.2, 0) is 13.0 Å². The summed E-state index contributed by atoms with van der Waals surface area (Å²) >= 11 is 0. The highest BCUT2D eigenvalue weighted by molar-refractivity contribution is 6.04. The molecule has 21 heavy (non-hydrogen) atoms. The van der Waals surface area contributed by atoms with Gasteiger partial charge in [-0.15, -0.1) is 0 Å². The standard InChI is InChI=1S/C17H20N2O2/c1-3-7-19-8-6-15-13(10-19)16(17(20)21)12-9-11(2)4-5-14(12)18-15/h4-5,9H,3,6-8,10H2,1-2H3,(H,20,21). The summed E-state index contributed by atoms with van der Waals surface area (Å²) in [4.78, 5) is 18.8. The molecule has 0 bridgehead atoms. The number of carboxylic acid groups (broad SMARTS) is 1. The molecule has 0 radical (unpaired) electrons. The number of fused-ring (bicyclic) bond motifs is 2. The highest BCUT2D eigenvalue weighted by Crippen LogP contribution is 2.28. The van der Waals surface area contributed by atoms with Crippen molar-refractivity contribution in [2.45, 2.75) is 33.2 Å². The third kappa shape index (κ3) is 2.51. The molecular weight excluding hydrogens is 264 g/mol. The van der Waals surface area contributed by atoms with Crippen molar-refractivity contribution in [1.29, 1.82) is 0 Å². The summed E-state index contributed by atoms with van der Waals surface area (Å²) in [6.45, 7) is 6.79. The van der Waals surface area contributed by atoms with E-state index in [1.54, 1.807) is 0 Å². The molecule has 0 spiro atoms. The number of rotatable bonds is 3. The minimum Gasteiger partial charge on any atom is -0.478 e. The molecule has 1 aliphatic rings. The molecule has 1 aromatic heterocycles. The van der Waals surface area contributed by atoms with Crippen molar-refractivity contribution in [3.05, 3.63) is 40.6 Å². The SMILES string of the molecule is CCCN1CCc2nc3ccc(C)cc3c(C(=O)O)c2C1. The molecule has 0 amide bonds. The zero-order chi connectivity index (χ0) is 15.0. The summed E-state index contributed by atoms with van der Waals surface area (Å²) in [5, 5.41) is 10.5. The number of carboxylic acids is 1. The van der Waals surface area contributed by atoms with Gasteiger partial charge in [-0.05, 0) is 32.0 Å². The van der Waals surface area contributed by atoms with Crippen LogP contribution < -0.4 is 0 Å². The maximum atomic E-state index is 11.8. The summed E-state index contributed by atoms with van der Waals surface area (Å²) in [7, 11) is 0. The van der Waals surface area contributed by atoms with E-state index in [-0.39, 0.29) is 0 Å². The van der Waals surface area contributed by atoms with Crippen molar-refractivity contribution < 1.29 is 9.90 Å². The molecule has 4 nitrogen and oxygen atoms in total. The van der Waals surface area contributed by atoms with Crippen molar-refractivity contribution in [2.75, 3.05) is 13.1 Å². The molecule has 110 valence electrons. The Kier molecular flexibility index (Phi) is 3.64. The number of pyridine rings is 1. The Morgan fingerprint density at radius 3 is 2.95 bits per heavy atom. The smallest absolute Gasteiger partial charge is 0.336 e. The maximum absolute atomic E-state index is 11.8. The number of carbonyl (C=O) groups is 1. The fraction of sp³-hybridized carbons (Fsp3) is 0.412. The molecule has 2 heterocycles. The first-order chi connectivity index (χ1) is 10.1. The summed E-state index contributed by atoms with van der Waals surface area (Å²) < 4.78 is 0. The Hall–Kier alpha value is -1.94. The molecule has 2 aromatic rings. The van der Waals surface area contributed by atoms with Gasteiger partial charge in [-0.2, -0.15) is 0 Å². The van der Waals surface area contributed by atoms with Crippen molar-refractivity contribution >= 4 is 16.9 Å². The minimum atomic E-state index is -0.845. The molecular formula is C17H20N2O2. The predicted octanol–water partition coefficient (Wildman–Crippen LogP) is 3.01. The molecule has 0 atom stereocenters. The molecule has 0 aliphatic carbocycles. The summed E-state index contributed by atoms with van der Waals surface area (Å²) in [6, 6.07) is 5.85. The molecule has 1 aromatic carbocycles. The van der Waals surface area contributed by atoms with Gasteiger partial charge in [-0.25, -0.2) is 4.79 Å². The Bertz CT molecular complexity index is 709. The van der Waals surface area contributed by atoms with E-state index in [0.29, 0.717) is 12.1 Å². The monoisotopic (exact) mass is 284 g/mol. The Morgan fingerprint density at radius 2 is 2.24 bits per heavy atom. The number of hydrogen-bond donors (Lipinski definition) is 1. The Balaban J connectivity index is 2.21. The van der Waals surface area contributed by atoms with Crippen LogP contribution in [0.4, 0.5) is 0 Å². The maximum Gasteiger partial charge on any atom is 0.336 e. The van der Waals surface area contributed by atoms with Crippen LogP contribution in [0.25, 0.3) is 10.9 Å². The van der Waals surface area contributed by atoms with E-state index in [0.717, 1.165) is 53.7 Å². The molecule has 1 N–H and O–H groups in total. The van der Waals surface area contributed by atoms with Gasteiger partial charge in [0.25, 0.3) is 0 Å². The number of nitrogens with zero attached hydrogens (tertiary/aromatic N) is 2. The Morgan fingerprint density at radius 1 is 1.43 bits per heavy atom. The van der Waals surface area contributed by atoms with Gasteiger partial charge in [0.15, 0.2) is 0 Å². The second-order valence-corrected chi connectivity index (χ2v) is 5.76. The van der Waals surface area contributed by atoms with Gasteiger partial charge >= 0.3 is 5.97 Å². The molecule has 0 saturated carbocycles. The largest absolute Gasteiger partial charge is 0.478 e. The number of aromatic carboxylic acids is 1. The first-order valence-electron chi connectivity index (χ1n) is 7.48. The zero-order valence-corrected chi connectivity index (χ0v) is 12.5. The van der Waals surface area contributed by atoms with Gasteiger partial charge in [0, 0.05) is 36.2 Å². The van der Waals surface area contributed by atoms with Gasteiger partial charge in [0.05, 0.1) is 11.1 Å². The highest BCUT2D eigenvalue weighted by atomic mass is 16.4. The van der Waals surface area contributed by atoms with Crippen molar-refractivity contribution in [3.63, 3.8) is 0 Å². The van der Waals surface area contributed by atoms with Crippen LogP contribution in [0.3, 0.4) is 0 Å². The van der Waals surface area contributed by atoms with Gasteiger partial charge < -0.3 is 5.11 Å². The third-order valence-corrected chi connectivity index (χ3v) is 4.13. The lowest BCUT2D eigenvalue weighted by molar-refractivity contribution is 0.0695. The number of benzene rings is 1. The summed E-state index contributed by atoms with van der Waals surface area (Å²) in [5.74, 6) is -0.845. The topological polar surface area (TPSA) is 53.4 Å². The van der Waals surface area contributed by atoms with E-state index >= 15 is 0 Å². The molecule has 1 aliphatic heterocycles. The van der Waals surface area contributed by atoms with E-state index < -0.39 is 5.97 Å². The quantitative estimate of drug-likeness (QED) is 0.941. The lowest BCUT2D eigenvalue weighted by Crippen LogP contribution is -2.33. The first kappa shape index (κ1) is 14.0. The second kappa shape index (κ2) is 5.45. The molecule has 4 heteroatoms. The van der Waals surface area contributed by atoms with Crippen LogP contribution in [0.15, 0.2) is 18.2 Å². The van der Waals surface area contributed by atoms with Crippen LogP contribution >= 0.6 is 0 Å². The van der Waals surface area contributed by atoms with Gasteiger partial charge in [-0.3, -0.25) is 9.88 Å². The first-order valence-corrected chi connectivity index (χ1v) is 7.48. The average molecular weight is 284 g/mol. The normalized spacial score (nSPS) is 15.1. The second-order valence-electron chi connectivity index (χ2n) is 5.76. The lowest BCUT2D eigenvalue weighted by Gasteiger charge is -2.29. The number of aryl methyl sites for hydroxylation is 1. The van der Waals surface area contributed by atoms with Gasteiger partial charge in [-0.1, -0.05) is 18.6 Å². The average Bonchev–Trinajstić information content (AvgIpc) is 2.45. The molecule has 0 fully saturated rings. The van der Waals surface area contributed by atoms with E-state index in [1.165, 1.54) is 0 Å². The van der Waals surface area contributed by atoms with E-state index in [2.05, 4.69) is 11.8 Å². The lowest BCUT2D eigenvalue weighted by atomic mass is 9.95. The van der Waals surface area contributed by atoms with E-state index in [1.807, 2.05) is 25.1 Å². The Labute approximate surface area is 124 Å². The third-order valence-electron chi connectivity index (χ3n) is 4.13. The molecule has 0 saturated heterocycles. The van der Waals surface area contributed by atoms with Crippen LogP contribution in [0, 0.1) is 6.92 Å². The van der Waals surface area contributed by atoms with Crippen LogP contribution in [0.1, 0.15) is 40.5 Å². The van der Waals surface area contributed by atoms with Crippen LogP contribution in [0.2, 0.25) is 0 Å². The van der Waals surface area contributed by atoms with Crippen LogP contribution in [-0.4, -0.2) is 34.0 Å². The number of aromatic nitrogens is 1. The van der Waals surface area contributed by atoms with Crippen LogP contribution in [0.5, 0.6) is 0 Å². The van der Waals surface area contributed by atoms with E-state index in [4.69, 9.17) is 4.98 Å². The van der Waals surface area contributed by atoms with Crippen molar-refractivity contribution in [2.24, 2.45) is 0 Å². The molecule has 0 unspecified atom stereocenters. The van der Waals surface area contributed by atoms with Crippen molar-refractivity contribution in [1.82, 2.24) is 9.88 Å². The minimum absolute atomic E-state index is 0.444. The van der Waals surface area contributed by atoms with Gasteiger partial charge in [0.1, 0.15) is 0 Å². The zero-order valence-electron chi connectivity index (χ0n) is 12.5. The predicted molar refractivity (Wildman–Crippen MR) is 82.7 cm³/mol.